The van der Waals surface area contributed by atoms with E-state index in [0.29, 0.717) is 26.7 Å². The van der Waals surface area contributed by atoms with Crippen molar-refractivity contribution in [2.75, 3.05) is 19.0 Å². The maximum absolute atomic E-state index is 14.3. The summed E-state index contributed by atoms with van der Waals surface area (Å²) in [4.78, 5) is 12.7. The lowest BCUT2D eigenvalue weighted by Crippen LogP contribution is -2.04. The van der Waals surface area contributed by atoms with E-state index >= 15 is 0 Å². The molecule has 0 aliphatic rings. The highest BCUT2D eigenvalue weighted by molar-refractivity contribution is 8.00. The second kappa shape index (κ2) is 7.45. The number of thioether (sulfide) groups is 1. The smallest absolute Gasteiger partial charge is 0.348 e. The highest BCUT2D eigenvalue weighted by Gasteiger charge is 2.22. The molecule has 0 bridgehead atoms. The van der Waals surface area contributed by atoms with Crippen LogP contribution < -0.4 is 5.32 Å². The third-order valence-corrected chi connectivity index (χ3v) is 6.46. The zero-order valence-electron chi connectivity index (χ0n) is 13.0. The molecule has 0 spiro atoms. The van der Waals surface area contributed by atoms with Crippen LogP contribution in [0.3, 0.4) is 0 Å². The summed E-state index contributed by atoms with van der Waals surface area (Å²) in [5.74, 6) is -0.321. The van der Waals surface area contributed by atoms with Crippen LogP contribution in [0.2, 0.25) is 0 Å². The van der Waals surface area contributed by atoms with E-state index in [4.69, 9.17) is 4.74 Å². The summed E-state index contributed by atoms with van der Waals surface area (Å²) in [7, 11) is 1.77. The molecule has 0 saturated carbocycles. The Labute approximate surface area is 150 Å². The molecule has 3 rings (SSSR count). The molecule has 1 N–H and O–H groups in total. The van der Waals surface area contributed by atoms with Crippen LogP contribution in [0.15, 0.2) is 22.5 Å². The third-order valence-electron chi connectivity index (χ3n) is 3.18. The Morgan fingerprint density at radius 1 is 1.38 bits per heavy atom. The van der Waals surface area contributed by atoms with Crippen LogP contribution in [0.4, 0.5) is 9.52 Å². The highest BCUT2D eigenvalue weighted by Crippen LogP contribution is 2.38. The standard InChI is InChI=1S/C15H14FN3O2S3/c1-3-21-13(20)12-8(7-22-15-19-18-14(17-2)24-15)11-9(16)5-4-6-10(11)23-12/h4-6H,3,7H2,1-2H3,(H,17,18). The van der Waals surface area contributed by atoms with Crippen molar-refractivity contribution < 1.29 is 13.9 Å². The van der Waals surface area contributed by atoms with Crippen molar-refractivity contribution in [2.45, 2.75) is 17.0 Å². The van der Waals surface area contributed by atoms with Gasteiger partial charge in [-0.25, -0.2) is 9.18 Å². The number of nitrogens with one attached hydrogen (secondary N) is 1. The molecule has 2 aromatic heterocycles. The number of hydrogen-bond donors (Lipinski definition) is 1. The van der Waals surface area contributed by atoms with Gasteiger partial charge in [-0.15, -0.1) is 21.5 Å². The maximum Gasteiger partial charge on any atom is 0.348 e. The SMILES string of the molecule is CCOC(=O)c1sc2cccc(F)c2c1CSc1nnc(NC)s1. The molecule has 126 valence electrons. The van der Waals surface area contributed by atoms with Crippen LogP contribution in [0.5, 0.6) is 0 Å². The van der Waals surface area contributed by atoms with Crippen LogP contribution >= 0.6 is 34.4 Å². The molecule has 0 amide bonds. The van der Waals surface area contributed by atoms with Gasteiger partial charge >= 0.3 is 5.97 Å². The number of carbonyl (C=O) groups is 1. The van der Waals surface area contributed by atoms with Crippen molar-refractivity contribution in [3.63, 3.8) is 0 Å². The second-order valence-electron chi connectivity index (χ2n) is 4.65. The number of rotatable bonds is 6. The molecule has 9 heteroatoms. The quantitative estimate of drug-likeness (QED) is 0.503. The molecule has 3 aromatic rings. The van der Waals surface area contributed by atoms with Gasteiger partial charge in [0.05, 0.1) is 6.61 Å². The predicted octanol–water partition coefficient (Wildman–Crippen LogP) is 4.40. The molecular weight excluding hydrogens is 369 g/mol. The number of esters is 1. The van der Waals surface area contributed by atoms with Gasteiger partial charge in [0.15, 0.2) is 4.34 Å². The van der Waals surface area contributed by atoms with Crippen molar-refractivity contribution in [3.8, 4) is 0 Å². The molecule has 24 heavy (non-hydrogen) atoms. The molecule has 0 unspecified atom stereocenters. The summed E-state index contributed by atoms with van der Waals surface area (Å²) in [6, 6.07) is 4.86. The normalized spacial score (nSPS) is 11.0. The van der Waals surface area contributed by atoms with Gasteiger partial charge in [-0.05, 0) is 24.6 Å². The minimum Gasteiger partial charge on any atom is -0.462 e. The number of halogens is 1. The summed E-state index contributed by atoms with van der Waals surface area (Å²) in [5.41, 5.74) is 0.651. The Morgan fingerprint density at radius 2 is 2.21 bits per heavy atom. The molecule has 2 heterocycles. The molecule has 1 aromatic carbocycles. The van der Waals surface area contributed by atoms with Gasteiger partial charge in [-0.1, -0.05) is 29.2 Å². The Kier molecular flexibility index (Phi) is 5.32. The first-order valence-corrected chi connectivity index (χ1v) is 9.77. The topological polar surface area (TPSA) is 64.1 Å². The van der Waals surface area contributed by atoms with Gasteiger partial charge in [0.25, 0.3) is 0 Å². The van der Waals surface area contributed by atoms with E-state index in [1.54, 1.807) is 20.0 Å². The molecule has 0 saturated heterocycles. The van der Waals surface area contributed by atoms with Crippen molar-refractivity contribution in [2.24, 2.45) is 0 Å². The summed E-state index contributed by atoms with van der Waals surface area (Å²) < 4.78 is 20.9. The summed E-state index contributed by atoms with van der Waals surface area (Å²) in [5, 5.41) is 12.2. The lowest BCUT2D eigenvalue weighted by molar-refractivity contribution is 0.0531. The predicted molar refractivity (Wildman–Crippen MR) is 96.8 cm³/mol. The van der Waals surface area contributed by atoms with Crippen LogP contribution in [0, 0.1) is 5.82 Å². The zero-order chi connectivity index (χ0) is 17.1. The molecular formula is C15H14FN3O2S3. The van der Waals surface area contributed by atoms with Gasteiger partial charge in [0.2, 0.25) is 5.13 Å². The van der Waals surface area contributed by atoms with E-state index in [-0.39, 0.29) is 12.4 Å². The van der Waals surface area contributed by atoms with Crippen molar-refractivity contribution in [1.29, 1.82) is 0 Å². The van der Waals surface area contributed by atoms with E-state index in [0.717, 1.165) is 9.04 Å². The van der Waals surface area contributed by atoms with Crippen molar-refractivity contribution in [1.82, 2.24) is 10.2 Å². The number of carbonyl (C=O) groups excluding carboxylic acids is 1. The lowest BCUT2D eigenvalue weighted by Gasteiger charge is -2.04. The van der Waals surface area contributed by atoms with Crippen LogP contribution in [-0.2, 0) is 10.5 Å². The summed E-state index contributed by atoms with van der Waals surface area (Å²) in [6.45, 7) is 2.03. The number of thiophene rings is 1. The number of benzene rings is 1. The lowest BCUT2D eigenvalue weighted by atomic mass is 10.1. The Balaban J connectivity index is 1.97. The molecule has 5 nitrogen and oxygen atoms in total. The number of aromatic nitrogens is 2. The van der Waals surface area contributed by atoms with Gasteiger partial charge in [-0.2, -0.15) is 0 Å². The van der Waals surface area contributed by atoms with Crippen molar-refractivity contribution >= 4 is 55.6 Å². The zero-order valence-corrected chi connectivity index (χ0v) is 15.4. The van der Waals surface area contributed by atoms with E-state index in [1.165, 1.54) is 40.5 Å². The number of hydrogen-bond acceptors (Lipinski definition) is 8. The Hall–Kier alpha value is -1.71. The van der Waals surface area contributed by atoms with E-state index < -0.39 is 5.97 Å². The fraction of sp³-hybridized carbons (Fsp3) is 0.267. The maximum atomic E-state index is 14.3. The number of fused-ring (bicyclic) bond motifs is 1. The van der Waals surface area contributed by atoms with E-state index in [1.807, 2.05) is 6.07 Å². The fourth-order valence-electron chi connectivity index (χ4n) is 2.17. The minimum atomic E-state index is -0.415. The fourth-order valence-corrected chi connectivity index (χ4v) is 5.13. The minimum absolute atomic E-state index is 0.282. The number of anilines is 1. The van der Waals surface area contributed by atoms with Gasteiger partial charge in [-0.3, -0.25) is 0 Å². The molecule has 0 atom stereocenters. The van der Waals surface area contributed by atoms with E-state index in [2.05, 4.69) is 15.5 Å². The summed E-state index contributed by atoms with van der Waals surface area (Å²) >= 11 is 4.09. The monoisotopic (exact) mass is 383 g/mol. The van der Waals surface area contributed by atoms with Crippen LogP contribution in [0.1, 0.15) is 22.2 Å². The molecule has 0 fully saturated rings. The van der Waals surface area contributed by atoms with Gasteiger partial charge in [0.1, 0.15) is 10.7 Å². The van der Waals surface area contributed by atoms with Gasteiger partial charge in [0, 0.05) is 22.9 Å². The largest absolute Gasteiger partial charge is 0.462 e. The average molecular weight is 383 g/mol. The number of ether oxygens (including phenoxy) is 1. The highest BCUT2D eigenvalue weighted by atomic mass is 32.2. The molecule has 0 aliphatic carbocycles. The molecule has 0 radical (unpaired) electrons. The van der Waals surface area contributed by atoms with Crippen LogP contribution in [-0.4, -0.2) is 29.8 Å². The average Bonchev–Trinajstić information content (AvgIpc) is 3.18. The van der Waals surface area contributed by atoms with E-state index in [9.17, 15) is 9.18 Å². The number of nitrogens with zero attached hydrogens (tertiary/aromatic N) is 2. The van der Waals surface area contributed by atoms with Gasteiger partial charge < -0.3 is 10.1 Å². The third kappa shape index (κ3) is 3.38. The second-order valence-corrected chi connectivity index (χ2v) is 7.91. The Morgan fingerprint density at radius 3 is 2.92 bits per heavy atom. The molecule has 0 aliphatic heterocycles. The van der Waals surface area contributed by atoms with Crippen molar-refractivity contribution in [3.05, 3.63) is 34.5 Å². The van der Waals surface area contributed by atoms with Crippen LogP contribution in [0.25, 0.3) is 10.1 Å². The Bertz CT molecular complexity index is 878. The first-order valence-electron chi connectivity index (χ1n) is 7.15. The first kappa shape index (κ1) is 17.1. The first-order chi connectivity index (χ1) is 11.6. The summed E-state index contributed by atoms with van der Waals surface area (Å²) in [6.07, 6.45) is 0.